The molecule has 0 amide bonds. The number of hydrogen-bond donors (Lipinski definition) is 1. The van der Waals surface area contributed by atoms with Gasteiger partial charge in [0, 0.05) is 12.7 Å². The van der Waals surface area contributed by atoms with Crippen molar-refractivity contribution in [1.29, 1.82) is 0 Å². The fraction of sp³-hybridized carbons (Fsp3) is 0.727. The van der Waals surface area contributed by atoms with Crippen molar-refractivity contribution < 1.29 is 0 Å². The first-order valence-electron chi connectivity index (χ1n) is 5.57. The second-order valence-corrected chi connectivity index (χ2v) is 4.64. The van der Waals surface area contributed by atoms with Gasteiger partial charge in [-0.25, -0.2) is 0 Å². The molecule has 0 saturated heterocycles. The third kappa shape index (κ3) is 5.80. The molecule has 0 spiro atoms. The molecule has 1 rings (SSSR count). The highest BCUT2D eigenvalue weighted by Crippen LogP contribution is 2.04. The van der Waals surface area contributed by atoms with Crippen LogP contribution < -0.4 is 5.32 Å². The fourth-order valence-corrected chi connectivity index (χ4v) is 1.57. The highest BCUT2D eigenvalue weighted by Gasteiger charge is 1.95. The van der Waals surface area contributed by atoms with Crippen molar-refractivity contribution in [3.8, 4) is 0 Å². The van der Waals surface area contributed by atoms with Gasteiger partial charge in [-0.05, 0) is 25.3 Å². The van der Waals surface area contributed by atoms with E-state index in [1.807, 2.05) is 10.9 Å². The normalized spacial score (nSPS) is 11.2. The van der Waals surface area contributed by atoms with Crippen molar-refractivity contribution in [2.24, 2.45) is 5.92 Å². The van der Waals surface area contributed by atoms with Gasteiger partial charge in [0.25, 0.3) is 0 Å². The van der Waals surface area contributed by atoms with Gasteiger partial charge in [0.1, 0.15) is 0 Å². The Morgan fingerprint density at radius 3 is 2.87 bits per heavy atom. The minimum absolute atomic E-state index is 0.704. The van der Waals surface area contributed by atoms with E-state index in [2.05, 4.69) is 24.3 Å². The molecule has 0 aromatic carbocycles. The van der Waals surface area contributed by atoms with E-state index < -0.39 is 0 Å². The van der Waals surface area contributed by atoms with Crippen LogP contribution in [0.5, 0.6) is 0 Å². The van der Waals surface area contributed by atoms with Crippen molar-refractivity contribution in [2.45, 2.75) is 33.2 Å². The Morgan fingerprint density at radius 1 is 1.47 bits per heavy atom. The second-order valence-electron chi connectivity index (χ2n) is 4.21. The Kier molecular flexibility index (Phi) is 5.73. The second kappa shape index (κ2) is 6.85. The molecule has 0 fully saturated rings. The summed E-state index contributed by atoms with van der Waals surface area (Å²) in [7, 11) is 0. The standard InChI is InChI=1S/C11H20ClN3/c1-10(2)4-3-5-13-6-7-15-9-11(12)8-14-15/h8-10,13H,3-7H2,1-2H3. The van der Waals surface area contributed by atoms with Crippen molar-refractivity contribution >= 4 is 11.6 Å². The van der Waals surface area contributed by atoms with Crippen LogP contribution in [0.4, 0.5) is 0 Å². The molecular formula is C11H20ClN3. The van der Waals surface area contributed by atoms with Gasteiger partial charge in [-0.3, -0.25) is 4.68 Å². The molecule has 86 valence electrons. The molecule has 1 aromatic heterocycles. The lowest BCUT2D eigenvalue weighted by atomic mass is 10.1. The Balaban J connectivity index is 1.98. The zero-order valence-corrected chi connectivity index (χ0v) is 10.3. The maximum atomic E-state index is 5.75. The first-order chi connectivity index (χ1) is 7.18. The highest BCUT2D eigenvalue weighted by molar-refractivity contribution is 6.30. The van der Waals surface area contributed by atoms with Crippen molar-refractivity contribution in [2.75, 3.05) is 13.1 Å². The molecule has 0 aliphatic carbocycles. The predicted octanol–water partition coefficient (Wildman–Crippen LogP) is 2.56. The Morgan fingerprint density at radius 2 is 2.27 bits per heavy atom. The molecule has 3 nitrogen and oxygen atoms in total. The minimum atomic E-state index is 0.704. The third-order valence-corrected chi connectivity index (χ3v) is 2.45. The molecule has 15 heavy (non-hydrogen) atoms. The average Bonchev–Trinajstić information content (AvgIpc) is 2.57. The number of halogens is 1. The van der Waals surface area contributed by atoms with Crippen molar-refractivity contribution in [3.63, 3.8) is 0 Å². The van der Waals surface area contributed by atoms with E-state index in [-0.39, 0.29) is 0 Å². The molecule has 0 bridgehead atoms. The van der Waals surface area contributed by atoms with Crippen LogP contribution in [0, 0.1) is 5.92 Å². The van der Waals surface area contributed by atoms with Gasteiger partial charge < -0.3 is 5.32 Å². The molecule has 0 radical (unpaired) electrons. The molecular weight excluding hydrogens is 210 g/mol. The van der Waals surface area contributed by atoms with Crippen LogP contribution in [0.25, 0.3) is 0 Å². The van der Waals surface area contributed by atoms with Crippen molar-refractivity contribution in [3.05, 3.63) is 17.4 Å². The number of hydrogen-bond acceptors (Lipinski definition) is 2. The van der Waals surface area contributed by atoms with E-state index in [1.54, 1.807) is 6.20 Å². The summed E-state index contributed by atoms with van der Waals surface area (Å²) in [6.45, 7) is 7.44. The summed E-state index contributed by atoms with van der Waals surface area (Å²) in [6, 6.07) is 0. The predicted molar refractivity (Wildman–Crippen MR) is 64.2 cm³/mol. The minimum Gasteiger partial charge on any atom is -0.315 e. The number of nitrogens with one attached hydrogen (secondary N) is 1. The number of nitrogens with zero attached hydrogens (tertiary/aromatic N) is 2. The van der Waals surface area contributed by atoms with Gasteiger partial charge in [-0.2, -0.15) is 5.10 Å². The van der Waals surface area contributed by atoms with Crippen LogP contribution in [0.2, 0.25) is 5.02 Å². The molecule has 0 atom stereocenters. The first-order valence-corrected chi connectivity index (χ1v) is 5.95. The molecule has 4 heteroatoms. The summed E-state index contributed by atoms with van der Waals surface area (Å²) < 4.78 is 1.86. The zero-order chi connectivity index (χ0) is 11.1. The van der Waals surface area contributed by atoms with Gasteiger partial charge in [0.2, 0.25) is 0 Å². The lowest BCUT2D eigenvalue weighted by Gasteiger charge is -2.06. The summed E-state index contributed by atoms with van der Waals surface area (Å²) in [5.74, 6) is 0.803. The van der Waals surface area contributed by atoms with Crippen LogP contribution in [0.15, 0.2) is 12.4 Å². The molecule has 0 aliphatic rings. The number of rotatable bonds is 7. The summed E-state index contributed by atoms with van der Waals surface area (Å²) >= 11 is 5.75. The molecule has 1 aromatic rings. The van der Waals surface area contributed by atoms with Gasteiger partial charge in [-0.1, -0.05) is 25.4 Å². The molecule has 1 heterocycles. The smallest absolute Gasteiger partial charge is 0.0785 e. The summed E-state index contributed by atoms with van der Waals surface area (Å²) in [5.41, 5.74) is 0. The van der Waals surface area contributed by atoms with Crippen LogP contribution in [0.3, 0.4) is 0 Å². The topological polar surface area (TPSA) is 29.9 Å². The molecule has 0 aliphatic heterocycles. The molecule has 0 unspecified atom stereocenters. The summed E-state index contributed by atoms with van der Waals surface area (Å²) in [5, 5.41) is 8.20. The van der Waals surface area contributed by atoms with Crippen LogP contribution >= 0.6 is 11.6 Å². The third-order valence-electron chi connectivity index (χ3n) is 2.25. The van der Waals surface area contributed by atoms with E-state index in [0.717, 1.165) is 25.6 Å². The number of aromatic nitrogens is 2. The van der Waals surface area contributed by atoms with Crippen LogP contribution in [-0.2, 0) is 6.54 Å². The maximum Gasteiger partial charge on any atom is 0.0785 e. The SMILES string of the molecule is CC(C)CCCNCCn1cc(Cl)cn1. The first kappa shape index (κ1) is 12.5. The van der Waals surface area contributed by atoms with E-state index in [4.69, 9.17) is 11.6 Å². The monoisotopic (exact) mass is 229 g/mol. The Labute approximate surface area is 96.8 Å². The van der Waals surface area contributed by atoms with E-state index in [9.17, 15) is 0 Å². The molecule has 1 N–H and O–H groups in total. The highest BCUT2D eigenvalue weighted by atomic mass is 35.5. The quantitative estimate of drug-likeness (QED) is 0.729. The Hall–Kier alpha value is -0.540. The van der Waals surface area contributed by atoms with Gasteiger partial charge >= 0.3 is 0 Å². The summed E-state index contributed by atoms with van der Waals surface area (Å²) in [6.07, 6.45) is 6.05. The largest absolute Gasteiger partial charge is 0.315 e. The lowest BCUT2D eigenvalue weighted by molar-refractivity contribution is 0.504. The Bertz CT molecular complexity index is 271. The average molecular weight is 230 g/mol. The van der Waals surface area contributed by atoms with E-state index >= 15 is 0 Å². The van der Waals surface area contributed by atoms with Crippen LogP contribution in [0.1, 0.15) is 26.7 Å². The van der Waals surface area contributed by atoms with Gasteiger partial charge in [0.05, 0.1) is 17.8 Å². The fourth-order valence-electron chi connectivity index (χ4n) is 1.41. The van der Waals surface area contributed by atoms with Gasteiger partial charge in [0.15, 0.2) is 0 Å². The van der Waals surface area contributed by atoms with E-state index in [1.165, 1.54) is 12.8 Å². The zero-order valence-electron chi connectivity index (χ0n) is 9.54. The van der Waals surface area contributed by atoms with E-state index in [0.29, 0.717) is 5.02 Å². The van der Waals surface area contributed by atoms with Gasteiger partial charge in [-0.15, -0.1) is 0 Å². The maximum absolute atomic E-state index is 5.75. The summed E-state index contributed by atoms with van der Waals surface area (Å²) in [4.78, 5) is 0. The van der Waals surface area contributed by atoms with Crippen LogP contribution in [-0.4, -0.2) is 22.9 Å². The molecule has 0 saturated carbocycles. The van der Waals surface area contributed by atoms with Crippen molar-refractivity contribution in [1.82, 2.24) is 15.1 Å². The lowest BCUT2D eigenvalue weighted by Crippen LogP contribution is -2.21.